The van der Waals surface area contributed by atoms with Crippen molar-refractivity contribution >= 4 is 16.7 Å². The molecule has 0 amide bonds. The summed E-state index contributed by atoms with van der Waals surface area (Å²) in [5.41, 5.74) is 5.11. The molecule has 0 unspecified atom stereocenters. The van der Waals surface area contributed by atoms with Crippen LogP contribution in [0.15, 0.2) is 53.3 Å². The van der Waals surface area contributed by atoms with Crippen molar-refractivity contribution in [2.75, 3.05) is 37.6 Å². The summed E-state index contributed by atoms with van der Waals surface area (Å²) in [4.78, 5) is 22.0. The maximum atomic E-state index is 12.6. The van der Waals surface area contributed by atoms with Gasteiger partial charge in [-0.3, -0.25) is 9.69 Å². The molecule has 1 aliphatic heterocycles. The van der Waals surface area contributed by atoms with Crippen LogP contribution >= 0.6 is 0 Å². The molecular weight excluding hydrogens is 360 g/mol. The van der Waals surface area contributed by atoms with Crippen LogP contribution in [-0.4, -0.2) is 47.2 Å². The SMILES string of the molecule is Cc1cccc(N2CCN(CCCCn3c(=O)c(C)nc4ccccc43)CC2)c1. The van der Waals surface area contributed by atoms with Crippen LogP contribution in [0.3, 0.4) is 0 Å². The Kier molecular flexibility index (Phi) is 5.95. The molecule has 5 heteroatoms. The third-order valence-corrected chi connectivity index (χ3v) is 5.86. The Labute approximate surface area is 172 Å². The van der Waals surface area contributed by atoms with Crippen LogP contribution in [0.2, 0.25) is 0 Å². The molecule has 1 aliphatic rings. The number of anilines is 1. The molecule has 0 aliphatic carbocycles. The summed E-state index contributed by atoms with van der Waals surface area (Å²) in [6.45, 7) is 10.2. The number of aryl methyl sites for hydroxylation is 3. The van der Waals surface area contributed by atoms with E-state index in [2.05, 4.69) is 46.0 Å². The van der Waals surface area contributed by atoms with E-state index < -0.39 is 0 Å². The number of hydrogen-bond acceptors (Lipinski definition) is 4. The van der Waals surface area contributed by atoms with Gasteiger partial charge in [0.2, 0.25) is 0 Å². The first-order valence-electron chi connectivity index (χ1n) is 10.6. The Balaban J connectivity index is 1.28. The van der Waals surface area contributed by atoms with Crippen molar-refractivity contribution < 1.29 is 0 Å². The molecule has 2 aromatic carbocycles. The molecule has 0 bridgehead atoms. The summed E-state index contributed by atoms with van der Waals surface area (Å²) >= 11 is 0. The maximum Gasteiger partial charge on any atom is 0.272 e. The minimum atomic E-state index is 0.0375. The Bertz CT molecular complexity index is 1030. The van der Waals surface area contributed by atoms with E-state index in [1.165, 1.54) is 11.3 Å². The summed E-state index contributed by atoms with van der Waals surface area (Å²) in [6, 6.07) is 16.7. The van der Waals surface area contributed by atoms with Crippen molar-refractivity contribution in [3.8, 4) is 0 Å². The molecule has 1 fully saturated rings. The van der Waals surface area contributed by atoms with Gasteiger partial charge in [-0.05, 0) is 63.1 Å². The average Bonchev–Trinajstić information content (AvgIpc) is 2.74. The Morgan fingerprint density at radius 3 is 2.45 bits per heavy atom. The van der Waals surface area contributed by atoms with Crippen LogP contribution in [0.4, 0.5) is 5.69 Å². The molecular formula is C24H30N4O. The number of unbranched alkanes of at least 4 members (excludes halogenated alkanes) is 1. The standard InChI is InChI=1S/C24H30N4O/c1-19-8-7-9-21(18-19)27-16-14-26(15-17-27)12-5-6-13-28-23-11-4-3-10-22(23)25-20(2)24(28)29/h3-4,7-11,18H,5-6,12-17H2,1-2H3. The summed E-state index contributed by atoms with van der Waals surface area (Å²) in [5.74, 6) is 0. The molecule has 2 heterocycles. The lowest BCUT2D eigenvalue weighted by molar-refractivity contribution is 0.251. The molecule has 1 aromatic heterocycles. The van der Waals surface area contributed by atoms with Crippen LogP contribution in [0.1, 0.15) is 24.1 Å². The molecule has 29 heavy (non-hydrogen) atoms. The number of piperazine rings is 1. The van der Waals surface area contributed by atoms with Crippen molar-refractivity contribution in [3.63, 3.8) is 0 Å². The third-order valence-electron chi connectivity index (χ3n) is 5.86. The minimum absolute atomic E-state index is 0.0375. The fourth-order valence-electron chi connectivity index (χ4n) is 4.20. The average molecular weight is 391 g/mol. The van der Waals surface area contributed by atoms with Crippen LogP contribution in [-0.2, 0) is 6.54 Å². The zero-order valence-electron chi connectivity index (χ0n) is 17.5. The monoisotopic (exact) mass is 390 g/mol. The Hall–Kier alpha value is -2.66. The van der Waals surface area contributed by atoms with Gasteiger partial charge in [0.25, 0.3) is 5.56 Å². The van der Waals surface area contributed by atoms with Gasteiger partial charge >= 0.3 is 0 Å². The lowest BCUT2D eigenvalue weighted by Crippen LogP contribution is -2.46. The Morgan fingerprint density at radius 2 is 1.66 bits per heavy atom. The van der Waals surface area contributed by atoms with E-state index in [9.17, 15) is 4.79 Å². The summed E-state index contributed by atoms with van der Waals surface area (Å²) in [7, 11) is 0. The highest BCUT2D eigenvalue weighted by molar-refractivity contribution is 5.74. The van der Waals surface area contributed by atoms with Crippen LogP contribution < -0.4 is 10.5 Å². The van der Waals surface area contributed by atoms with Crippen LogP contribution in [0, 0.1) is 13.8 Å². The maximum absolute atomic E-state index is 12.6. The first-order chi connectivity index (χ1) is 14.1. The van der Waals surface area contributed by atoms with Crippen LogP contribution in [0.5, 0.6) is 0 Å². The molecule has 5 nitrogen and oxygen atoms in total. The van der Waals surface area contributed by atoms with Gasteiger partial charge in [0.05, 0.1) is 11.0 Å². The summed E-state index contributed by atoms with van der Waals surface area (Å²) < 4.78 is 1.90. The van der Waals surface area contributed by atoms with Gasteiger partial charge in [-0.15, -0.1) is 0 Å². The first kappa shape index (κ1) is 19.6. The van der Waals surface area contributed by atoms with Gasteiger partial charge in [-0.25, -0.2) is 4.98 Å². The normalized spacial score (nSPS) is 15.2. The van der Waals surface area contributed by atoms with E-state index in [1.807, 2.05) is 28.8 Å². The number of rotatable bonds is 6. The second kappa shape index (κ2) is 8.78. The van der Waals surface area contributed by atoms with Gasteiger partial charge in [0.15, 0.2) is 0 Å². The second-order valence-electron chi connectivity index (χ2n) is 8.02. The molecule has 152 valence electrons. The van der Waals surface area contributed by atoms with Crippen molar-refractivity contribution in [1.29, 1.82) is 0 Å². The predicted molar refractivity (Wildman–Crippen MR) is 120 cm³/mol. The molecule has 0 spiro atoms. The van der Waals surface area contributed by atoms with Crippen molar-refractivity contribution in [3.05, 3.63) is 70.1 Å². The number of fused-ring (bicyclic) bond motifs is 1. The number of hydrogen-bond donors (Lipinski definition) is 0. The van der Waals surface area contributed by atoms with Gasteiger partial charge in [-0.1, -0.05) is 24.3 Å². The fraction of sp³-hybridized carbons (Fsp3) is 0.417. The topological polar surface area (TPSA) is 41.4 Å². The summed E-state index contributed by atoms with van der Waals surface area (Å²) in [6.07, 6.45) is 2.11. The lowest BCUT2D eigenvalue weighted by atomic mass is 10.2. The van der Waals surface area contributed by atoms with Crippen molar-refractivity contribution in [2.24, 2.45) is 0 Å². The lowest BCUT2D eigenvalue weighted by Gasteiger charge is -2.36. The molecule has 0 atom stereocenters. The van der Waals surface area contributed by atoms with Gasteiger partial charge in [0, 0.05) is 38.4 Å². The highest BCUT2D eigenvalue weighted by Crippen LogP contribution is 2.18. The van der Waals surface area contributed by atoms with E-state index >= 15 is 0 Å². The zero-order chi connectivity index (χ0) is 20.2. The molecule has 0 saturated carbocycles. The highest BCUT2D eigenvalue weighted by Gasteiger charge is 2.17. The largest absolute Gasteiger partial charge is 0.369 e. The quantitative estimate of drug-likeness (QED) is 0.603. The molecule has 0 N–H and O–H groups in total. The van der Waals surface area contributed by atoms with Crippen molar-refractivity contribution in [2.45, 2.75) is 33.2 Å². The smallest absolute Gasteiger partial charge is 0.272 e. The number of nitrogens with zero attached hydrogens (tertiary/aromatic N) is 4. The minimum Gasteiger partial charge on any atom is -0.369 e. The van der Waals surface area contributed by atoms with E-state index in [-0.39, 0.29) is 5.56 Å². The van der Waals surface area contributed by atoms with Crippen molar-refractivity contribution in [1.82, 2.24) is 14.5 Å². The highest BCUT2D eigenvalue weighted by atomic mass is 16.1. The zero-order valence-corrected chi connectivity index (χ0v) is 17.5. The predicted octanol–water partition coefficient (Wildman–Crippen LogP) is 3.62. The van der Waals surface area contributed by atoms with Crippen LogP contribution in [0.25, 0.3) is 11.0 Å². The molecule has 3 aromatic rings. The Morgan fingerprint density at radius 1 is 0.897 bits per heavy atom. The van der Waals surface area contributed by atoms with E-state index in [0.717, 1.165) is 63.1 Å². The fourth-order valence-corrected chi connectivity index (χ4v) is 4.20. The van der Waals surface area contributed by atoms with E-state index in [4.69, 9.17) is 0 Å². The van der Waals surface area contributed by atoms with E-state index in [1.54, 1.807) is 6.92 Å². The molecule has 4 rings (SSSR count). The second-order valence-corrected chi connectivity index (χ2v) is 8.02. The number of aromatic nitrogens is 2. The number of benzene rings is 2. The number of para-hydroxylation sites is 2. The van der Waals surface area contributed by atoms with Gasteiger partial charge < -0.3 is 9.47 Å². The van der Waals surface area contributed by atoms with E-state index in [0.29, 0.717) is 5.69 Å². The van der Waals surface area contributed by atoms with Gasteiger partial charge in [0.1, 0.15) is 5.69 Å². The first-order valence-corrected chi connectivity index (χ1v) is 10.6. The third kappa shape index (κ3) is 4.51. The summed E-state index contributed by atoms with van der Waals surface area (Å²) in [5, 5.41) is 0. The van der Waals surface area contributed by atoms with Gasteiger partial charge in [-0.2, -0.15) is 0 Å². The molecule has 1 saturated heterocycles. The molecule has 0 radical (unpaired) electrons.